The number of morpholine rings is 1. The van der Waals surface area contributed by atoms with Gasteiger partial charge in [0.15, 0.2) is 0 Å². The van der Waals surface area contributed by atoms with Gasteiger partial charge in [-0.2, -0.15) is 4.31 Å². The number of hydrogen-bond acceptors (Lipinski definition) is 7. The van der Waals surface area contributed by atoms with Crippen LogP contribution in [-0.2, 0) is 34.3 Å². The first-order valence-corrected chi connectivity index (χ1v) is 12.4. The number of rotatable bonds is 10. The average Bonchev–Trinajstić information content (AvgIpc) is 2.69. The molecule has 1 amide bonds. The van der Waals surface area contributed by atoms with E-state index in [0.29, 0.717) is 32.8 Å². The lowest BCUT2D eigenvalue weighted by atomic mass is 10.3. The Bertz CT molecular complexity index is 880. The second kappa shape index (κ2) is 10.3. The zero-order valence-electron chi connectivity index (χ0n) is 16.5. The molecule has 2 rings (SSSR count). The summed E-state index contributed by atoms with van der Waals surface area (Å²) in [5.41, 5.74) is 0.209. The average molecular weight is 450 g/mol. The molecule has 1 fully saturated rings. The van der Waals surface area contributed by atoms with Gasteiger partial charge in [0.25, 0.3) is 0 Å². The molecule has 0 aliphatic carbocycles. The van der Waals surface area contributed by atoms with Crippen LogP contribution in [0.25, 0.3) is 0 Å². The number of nitrogens with zero attached hydrogens (tertiary/aromatic N) is 2. The monoisotopic (exact) mass is 449 g/mol. The zero-order valence-corrected chi connectivity index (χ0v) is 18.2. The highest BCUT2D eigenvalue weighted by molar-refractivity contribution is 7.92. The number of anilines is 1. The number of carbonyl (C=O) groups is 1. The molecule has 1 aliphatic rings. The lowest BCUT2D eigenvalue weighted by molar-refractivity contribution is -0.119. The molecule has 12 heteroatoms. The van der Waals surface area contributed by atoms with Gasteiger partial charge in [0.05, 0.1) is 30.1 Å². The van der Waals surface area contributed by atoms with Gasteiger partial charge in [-0.3, -0.25) is 9.10 Å². The van der Waals surface area contributed by atoms with Crippen molar-refractivity contribution >= 4 is 31.6 Å². The molecule has 0 radical (unpaired) electrons. The van der Waals surface area contributed by atoms with Crippen molar-refractivity contribution in [3.8, 4) is 0 Å². The van der Waals surface area contributed by atoms with E-state index in [4.69, 9.17) is 9.47 Å². The molecule has 0 aromatic heterocycles. The van der Waals surface area contributed by atoms with Crippen molar-refractivity contribution < 1.29 is 31.1 Å². The van der Waals surface area contributed by atoms with Crippen LogP contribution in [0.15, 0.2) is 29.2 Å². The Kier molecular flexibility index (Phi) is 8.40. The molecule has 1 aromatic rings. The number of benzene rings is 1. The summed E-state index contributed by atoms with van der Waals surface area (Å²) in [6, 6.07) is 5.45. The molecule has 0 spiro atoms. The largest absolute Gasteiger partial charge is 0.385 e. The van der Waals surface area contributed by atoms with Gasteiger partial charge in [0, 0.05) is 33.4 Å². The van der Waals surface area contributed by atoms with Gasteiger partial charge >= 0.3 is 0 Å². The van der Waals surface area contributed by atoms with Gasteiger partial charge in [0.1, 0.15) is 6.54 Å². The van der Waals surface area contributed by atoms with Crippen molar-refractivity contribution in [1.29, 1.82) is 0 Å². The molecule has 1 heterocycles. The quantitative estimate of drug-likeness (QED) is 0.484. The first-order valence-electron chi connectivity index (χ1n) is 9.07. The van der Waals surface area contributed by atoms with Crippen LogP contribution >= 0.6 is 0 Å². The van der Waals surface area contributed by atoms with E-state index in [1.54, 1.807) is 7.11 Å². The summed E-state index contributed by atoms with van der Waals surface area (Å²) >= 11 is 0. The maximum absolute atomic E-state index is 12.7. The SMILES string of the molecule is COCCCNC(=O)CN(c1ccc(S(=O)(=O)N2CCOCC2)cc1)S(C)(=O)=O. The fraction of sp³-hybridized carbons (Fsp3) is 0.588. The fourth-order valence-corrected chi connectivity index (χ4v) is 5.02. The van der Waals surface area contributed by atoms with E-state index < -0.39 is 32.5 Å². The van der Waals surface area contributed by atoms with Crippen molar-refractivity contribution in [2.24, 2.45) is 0 Å². The van der Waals surface area contributed by atoms with Crippen molar-refractivity contribution in [3.63, 3.8) is 0 Å². The van der Waals surface area contributed by atoms with E-state index in [2.05, 4.69) is 5.32 Å². The highest BCUT2D eigenvalue weighted by Gasteiger charge is 2.27. The summed E-state index contributed by atoms with van der Waals surface area (Å²) in [4.78, 5) is 12.2. The summed E-state index contributed by atoms with van der Waals surface area (Å²) < 4.78 is 62.0. The van der Waals surface area contributed by atoms with E-state index in [-0.39, 0.29) is 23.7 Å². The van der Waals surface area contributed by atoms with Crippen LogP contribution in [-0.4, -0.2) is 86.4 Å². The van der Waals surface area contributed by atoms with Crippen molar-refractivity contribution in [3.05, 3.63) is 24.3 Å². The molecular weight excluding hydrogens is 422 g/mol. The number of ether oxygens (including phenoxy) is 2. The lowest BCUT2D eigenvalue weighted by Gasteiger charge is -2.26. The Morgan fingerprint density at radius 1 is 1.17 bits per heavy atom. The standard InChI is InChI=1S/C17H27N3O7S2/c1-26-11-3-8-18-17(21)14-20(28(2,22)23)15-4-6-16(7-5-15)29(24,25)19-9-12-27-13-10-19/h4-7H,3,8-14H2,1-2H3,(H,18,21). The summed E-state index contributed by atoms with van der Waals surface area (Å²) in [6.07, 6.45) is 1.60. The van der Waals surface area contributed by atoms with Crippen LogP contribution in [0.5, 0.6) is 0 Å². The van der Waals surface area contributed by atoms with Gasteiger partial charge in [-0.25, -0.2) is 16.8 Å². The predicted molar refractivity (Wildman–Crippen MR) is 108 cm³/mol. The summed E-state index contributed by atoms with van der Waals surface area (Å²) in [7, 11) is -5.88. The van der Waals surface area contributed by atoms with Gasteiger partial charge in [-0.05, 0) is 30.7 Å². The Labute approximate surface area is 171 Å². The number of sulfonamides is 2. The van der Waals surface area contributed by atoms with Crippen LogP contribution < -0.4 is 9.62 Å². The Morgan fingerprint density at radius 2 is 1.79 bits per heavy atom. The van der Waals surface area contributed by atoms with Gasteiger partial charge in [-0.15, -0.1) is 0 Å². The first kappa shape index (κ1) is 23.5. The second-order valence-corrected chi connectivity index (χ2v) is 10.3. The van der Waals surface area contributed by atoms with E-state index in [0.717, 1.165) is 10.6 Å². The molecule has 29 heavy (non-hydrogen) atoms. The number of hydrogen-bond donors (Lipinski definition) is 1. The minimum atomic E-state index is -3.75. The second-order valence-electron chi connectivity index (χ2n) is 6.48. The third-order valence-electron chi connectivity index (χ3n) is 4.27. The topological polar surface area (TPSA) is 122 Å². The molecule has 0 bridgehead atoms. The number of nitrogens with one attached hydrogen (secondary N) is 1. The highest BCUT2D eigenvalue weighted by Crippen LogP contribution is 2.23. The van der Waals surface area contributed by atoms with Crippen molar-refractivity contribution in [2.45, 2.75) is 11.3 Å². The van der Waals surface area contributed by atoms with Crippen molar-refractivity contribution in [1.82, 2.24) is 9.62 Å². The minimum absolute atomic E-state index is 0.0561. The Hall–Kier alpha value is -1.73. The number of carbonyl (C=O) groups excluding carboxylic acids is 1. The van der Waals surface area contributed by atoms with Gasteiger partial charge in [-0.1, -0.05) is 0 Å². The molecule has 164 valence electrons. The van der Waals surface area contributed by atoms with Crippen LogP contribution in [0.3, 0.4) is 0 Å². The maximum atomic E-state index is 12.7. The number of amides is 1. The Balaban J connectivity index is 2.13. The molecule has 1 saturated heterocycles. The fourth-order valence-electron chi connectivity index (χ4n) is 2.75. The van der Waals surface area contributed by atoms with E-state index >= 15 is 0 Å². The molecule has 1 aromatic carbocycles. The van der Waals surface area contributed by atoms with Crippen LogP contribution in [0.1, 0.15) is 6.42 Å². The van der Waals surface area contributed by atoms with E-state index in [1.807, 2.05) is 0 Å². The molecule has 1 aliphatic heterocycles. The Morgan fingerprint density at radius 3 is 2.34 bits per heavy atom. The van der Waals surface area contributed by atoms with Gasteiger partial charge in [0.2, 0.25) is 26.0 Å². The molecule has 1 N–H and O–H groups in total. The smallest absolute Gasteiger partial charge is 0.243 e. The predicted octanol–water partition coefficient (Wildman–Crippen LogP) is -0.374. The van der Waals surface area contributed by atoms with E-state index in [9.17, 15) is 21.6 Å². The normalized spacial score (nSPS) is 15.8. The molecule has 0 saturated carbocycles. The zero-order chi connectivity index (χ0) is 21.5. The summed E-state index contributed by atoms with van der Waals surface area (Å²) in [6.45, 7) is 1.64. The molecule has 0 atom stereocenters. The van der Waals surface area contributed by atoms with Crippen LogP contribution in [0.2, 0.25) is 0 Å². The summed E-state index contributed by atoms with van der Waals surface area (Å²) in [5.74, 6) is -0.462. The first-order chi connectivity index (χ1) is 13.7. The lowest BCUT2D eigenvalue weighted by Crippen LogP contribution is -2.41. The minimum Gasteiger partial charge on any atom is -0.385 e. The summed E-state index contributed by atoms with van der Waals surface area (Å²) in [5, 5.41) is 2.63. The third-order valence-corrected chi connectivity index (χ3v) is 7.32. The highest BCUT2D eigenvalue weighted by atomic mass is 32.2. The van der Waals surface area contributed by atoms with Crippen LogP contribution in [0, 0.1) is 0 Å². The molecular formula is C17H27N3O7S2. The van der Waals surface area contributed by atoms with E-state index in [1.165, 1.54) is 28.6 Å². The molecule has 10 nitrogen and oxygen atoms in total. The molecule has 0 unspecified atom stereocenters. The number of methoxy groups -OCH3 is 1. The maximum Gasteiger partial charge on any atom is 0.243 e. The third kappa shape index (κ3) is 6.64. The van der Waals surface area contributed by atoms with Crippen molar-refractivity contribution in [2.75, 3.05) is 63.7 Å². The van der Waals surface area contributed by atoms with Gasteiger partial charge < -0.3 is 14.8 Å². The van der Waals surface area contributed by atoms with Crippen LogP contribution in [0.4, 0.5) is 5.69 Å².